The van der Waals surface area contributed by atoms with Gasteiger partial charge >= 0.3 is 0 Å². The van der Waals surface area contributed by atoms with Gasteiger partial charge in [-0.05, 0) is 13.5 Å². The highest BCUT2D eigenvalue weighted by Crippen LogP contribution is 2.13. The van der Waals surface area contributed by atoms with Gasteiger partial charge in [-0.15, -0.1) is 0 Å². The van der Waals surface area contributed by atoms with E-state index in [1.165, 1.54) is 0 Å². The maximum atomic E-state index is 5.53. The molecule has 0 amide bonds. The number of nitrogens with one attached hydrogen (secondary N) is 1. The molecule has 86 valence electrons. The molecular formula is C11H25NO2. The Balaban J connectivity index is 3.26. The molecule has 0 unspecified atom stereocenters. The lowest BCUT2D eigenvalue weighted by Crippen LogP contribution is -2.31. The zero-order chi connectivity index (χ0) is 10.9. The topological polar surface area (TPSA) is 30.5 Å². The molecule has 0 aromatic heterocycles. The normalized spacial score (nSPS) is 12.0. The van der Waals surface area contributed by atoms with Crippen LogP contribution in [-0.2, 0) is 9.47 Å². The molecule has 0 heterocycles. The van der Waals surface area contributed by atoms with Crippen molar-refractivity contribution in [2.75, 3.05) is 40.0 Å². The van der Waals surface area contributed by atoms with E-state index in [9.17, 15) is 0 Å². The molecule has 0 fully saturated rings. The van der Waals surface area contributed by atoms with Crippen molar-refractivity contribution >= 4 is 0 Å². The molecule has 0 rings (SSSR count). The minimum Gasteiger partial charge on any atom is -0.379 e. The van der Waals surface area contributed by atoms with Crippen molar-refractivity contribution in [2.45, 2.75) is 27.2 Å². The molecule has 3 nitrogen and oxygen atoms in total. The Morgan fingerprint density at radius 1 is 1.07 bits per heavy atom. The van der Waals surface area contributed by atoms with Crippen molar-refractivity contribution in [3.63, 3.8) is 0 Å². The largest absolute Gasteiger partial charge is 0.379 e. The van der Waals surface area contributed by atoms with E-state index in [1.54, 1.807) is 0 Å². The highest BCUT2D eigenvalue weighted by atomic mass is 16.5. The zero-order valence-corrected chi connectivity index (χ0v) is 10.1. The van der Waals surface area contributed by atoms with Gasteiger partial charge in [-0.3, -0.25) is 0 Å². The summed E-state index contributed by atoms with van der Waals surface area (Å²) in [5, 5.41) is 3.16. The molecule has 0 aromatic rings. The third kappa shape index (κ3) is 8.48. The number of rotatable bonds is 9. The van der Waals surface area contributed by atoms with E-state index in [4.69, 9.17) is 9.47 Å². The van der Waals surface area contributed by atoms with E-state index in [1.807, 2.05) is 7.05 Å². The van der Waals surface area contributed by atoms with Crippen LogP contribution in [0.2, 0.25) is 0 Å². The van der Waals surface area contributed by atoms with Crippen LogP contribution in [0.5, 0.6) is 0 Å². The summed E-state index contributed by atoms with van der Waals surface area (Å²) in [4.78, 5) is 0. The fraction of sp³-hybridized carbons (Fsp3) is 1.00. The molecular weight excluding hydrogens is 178 g/mol. The smallest absolute Gasteiger partial charge is 0.0700 e. The average molecular weight is 203 g/mol. The van der Waals surface area contributed by atoms with Gasteiger partial charge in [0.2, 0.25) is 0 Å². The van der Waals surface area contributed by atoms with E-state index in [-0.39, 0.29) is 5.41 Å². The molecule has 14 heavy (non-hydrogen) atoms. The van der Waals surface area contributed by atoms with Crippen LogP contribution in [0.4, 0.5) is 0 Å². The summed E-state index contributed by atoms with van der Waals surface area (Å²) in [6.07, 6.45) is 1.07. The predicted octanol–water partition coefficient (Wildman–Crippen LogP) is 1.68. The monoisotopic (exact) mass is 203 g/mol. The minimum atomic E-state index is 0.208. The average Bonchev–Trinajstić information content (AvgIpc) is 2.11. The van der Waals surface area contributed by atoms with E-state index in [0.717, 1.165) is 26.2 Å². The summed E-state index contributed by atoms with van der Waals surface area (Å²) in [7, 11) is 1.96. The summed E-state index contributed by atoms with van der Waals surface area (Å²) < 4.78 is 10.8. The third-order valence-electron chi connectivity index (χ3n) is 1.87. The quantitative estimate of drug-likeness (QED) is 0.578. The van der Waals surface area contributed by atoms with E-state index in [0.29, 0.717) is 13.2 Å². The maximum absolute atomic E-state index is 5.53. The van der Waals surface area contributed by atoms with Crippen molar-refractivity contribution in [1.82, 2.24) is 5.32 Å². The lowest BCUT2D eigenvalue weighted by Gasteiger charge is -2.23. The lowest BCUT2D eigenvalue weighted by molar-refractivity contribution is 0.0156. The molecule has 0 aliphatic rings. The van der Waals surface area contributed by atoms with Crippen LogP contribution in [0.1, 0.15) is 27.2 Å². The van der Waals surface area contributed by atoms with Crippen molar-refractivity contribution in [2.24, 2.45) is 5.41 Å². The predicted molar refractivity (Wildman–Crippen MR) is 59.6 cm³/mol. The third-order valence-corrected chi connectivity index (χ3v) is 1.87. The Labute approximate surface area is 88.2 Å². The van der Waals surface area contributed by atoms with Crippen LogP contribution < -0.4 is 5.32 Å². The second kappa shape index (κ2) is 8.21. The molecule has 0 spiro atoms. The Bertz CT molecular complexity index is 126. The van der Waals surface area contributed by atoms with Gasteiger partial charge in [0.25, 0.3) is 0 Å². The van der Waals surface area contributed by atoms with Crippen LogP contribution in [0.15, 0.2) is 0 Å². The molecule has 0 aliphatic carbocycles. The van der Waals surface area contributed by atoms with Crippen LogP contribution >= 0.6 is 0 Å². The highest BCUT2D eigenvalue weighted by molar-refractivity contribution is 4.69. The van der Waals surface area contributed by atoms with Gasteiger partial charge < -0.3 is 14.8 Å². The van der Waals surface area contributed by atoms with Crippen molar-refractivity contribution in [1.29, 1.82) is 0 Å². The van der Waals surface area contributed by atoms with Gasteiger partial charge in [-0.25, -0.2) is 0 Å². The van der Waals surface area contributed by atoms with Crippen LogP contribution in [0.3, 0.4) is 0 Å². The Kier molecular flexibility index (Phi) is 8.14. The second-order valence-corrected chi connectivity index (χ2v) is 4.36. The first kappa shape index (κ1) is 13.9. The van der Waals surface area contributed by atoms with Gasteiger partial charge in [-0.1, -0.05) is 20.8 Å². The molecule has 1 N–H and O–H groups in total. The fourth-order valence-corrected chi connectivity index (χ4v) is 1.24. The Morgan fingerprint density at radius 3 is 2.29 bits per heavy atom. The molecule has 0 bridgehead atoms. The Morgan fingerprint density at radius 2 is 1.71 bits per heavy atom. The van der Waals surface area contributed by atoms with Gasteiger partial charge in [0, 0.05) is 18.6 Å². The van der Waals surface area contributed by atoms with Crippen LogP contribution in [0, 0.1) is 5.41 Å². The first-order valence-corrected chi connectivity index (χ1v) is 5.42. The zero-order valence-electron chi connectivity index (χ0n) is 10.1. The van der Waals surface area contributed by atoms with Gasteiger partial charge in [0.1, 0.15) is 0 Å². The number of ether oxygens (including phenoxy) is 2. The minimum absolute atomic E-state index is 0.208. The summed E-state index contributed by atoms with van der Waals surface area (Å²) in [5.74, 6) is 0. The van der Waals surface area contributed by atoms with Crippen molar-refractivity contribution in [3.8, 4) is 0 Å². The molecule has 0 radical (unpaired) electrons. The standard InChI is InChI=1S/C11H25NO2/c1-5-6-13-7-8-14-10-11(2,3)9-12-4/h12H,5-10H2,1-4H3. The summed E-state index contributed by atoms with van der Waals surface area (Å²) >= 11 is 0. The van der Waals surface area contributed by atoms with Gasteiger partial charge in [0.15, 0.2) is 0 Å². The van der Waals surface area contributed by atoms with Gasteiger partial charge in [0.05, 0.1) is 19.8 Å². The van der Waals surface area contributed by atoms with Crippen molar-refractivity contribution < 1.29 is 9.47 Å². The number of hydrogen-bond acceptors (Lipinski definition) is 3. The molecule has 0 atom stereocenters. The van der Waals surface area contributed by atoms with E-state index in [2.05, 4.69) is 26.1 Å². The SMILES string of the molecule is CCCOCCOCC(C)(C)CNC. The van der Waals surface area contributed by atoms with E-state index >= 15 is 0 Å². The first-order chi connectivity index (χ1) is 6.62. The maximum Gasteiger partial charge on any atom is 0.0700 e. The van der Waals surface area contributed by atoms with E-state index < -0.39 is 0 Å². The highest BCUT2D eigenvalue weighted by Gasteiger charge is 2.16. The van der Waals surface area contributed by atoms with Crippen LogP contribution in [-0.4, -0.2) is 40.0 Å². The fourth-order valence-electron chi connectivity index (χ4n) is 1.24. The molecule has 3 heteroatoms. The van der Waals surface area contributed by atoms with Gasteiger partial charge in [-0.2, -0.15) is 0 Å². The summed E-state index contributed by atoms with van der Waals surface area (Å²) in [6.45, 7) is 10.5. The summed E-state index contributed by atoms with van der Waals surface area (Å²) in [6, 6.07) is 0. The lowest BCUT2D eigenvalue weighted by atomic mass is 9.95. The van der Waals surface area contributed by atoms with Crippen LogP contribution in [0.25, 0.3) is 0 Å². The molecule has 0 aromatic carbocycles. The Hall–Kier alpha value is -0.120. The second-order valence-electron chi connectivity index (χ2n) is 4.36. The molecule has 0 saturated heterocycles. The molecule has 0 aliphatic heterocycles. The first-order valence-electron chi connectivity index (χ1n) is 5.42. The van der Waals surface area contributed by atoms with Crippen molar-refractivity contribution in [3.05, 3.63) is 0 Å². The summed E-state index contributed by atoms with van der Waals surface area (Å²) in [5.41, 5.74) is 0.208. The number of hydrogen-bond donors (Lipinski definition) is 1. The molecule has 0 saturated carbocycles.